The molecule has 0 aliphatic carbocycles. The first-order valence-electron chi connectivity index (χ1n) is 5.88. The summed E-state index contributed by atoms with van der Waals surface area (Å²) in [5, 5.41) is 0.385. The van der Waals surface area contributed by atoms with E-state index in [-0.39, 0.29) is 0 Å². The highest BCUT2D eigenvalue weighted by Crippen LogP contribution is 2.11. The van der Waals surface area contributed by atoms with Gasteiger partial charge in [-0.15, -0.1) is 0 Å². The lowest BCUT2D eigenvalue weighted by Gasteiger charge is -2.14. The number of anilines is 1. The fourth-order valence-corrected chi connectivity index (χ4v) is 2.11. The van der Waals surface area contributed by atoms with E-state index < -0.39 is 8.07 Å². The van der Waals surface area contributed by atoms with Crippen LogP contribution < -0.4 is 5.73 Å². The van der Waals surface area contributed by atoms with Crippen LogP contribution in [0.2, 0.25) is 30.8 Å². The van der Waals surface area contributed by atoms with E-state index in [9.17, 15) is 0 Å². The van der Waals surface area contributed by atoms with Crippen molar-refractivity contribution in [2.24, 2.45) is 4.99 Å². The lowest BCUT2D eigenvalue weighted by molar-refractivity contribution is 0.156. The van der Waals surface area contributed by atoms with E-state index in [2.05, 4.69) is 29.6 Å². The molecule has 0 aliphatic rings. The molecule has 0 spiro atoms. The minimum atomic E-state index is -1.02. The first-order valence-corrected chi connectivity index (χ1v) is 9.96. The van der Waals surface area contributed by atoms with Gasteiger partial charge in [-0.3, -0.25) is 4.99 Å². The number of nitrogens with zero attached hydrogens (tertiary/aromatic N) is 2. The summed E-state index contributed by atoms with van der Waals surface area (Å²) in [5.41, 5.74) is 6.45. The molecule has 18 heavy (non-hydrogen) atoms. The average Bonchev–Trinajstić information content (AvgIpc) is 2.24. The number of halogens is 1. The minimum absolute atomic E-state index is 0.354. The fraction of sp³-hybridized carbons (Fsp3) is 0.500. The van der Waals surface area contributed by atoms with Crippen molar-refractivity contribution in [3.63, 3.8) is 0 Å². The normalized spacial score (nSPS) is 12.2. The molecule has 100 valence electrons. The Bertz CT molecular complexity index is 418. The third kappa shape index (κ3) is 6.14. The Labute approximate surface area is 114 Å². The third-order valence-corrected chi connectivity index (χ3v) is 4.23. The summed E-state index contributed by atoms with van der Waals surface area (Å²) in [4.78, 5) is 8.09. The molecule has 2 N–H and O–H groups in total. The molecule has 0 amide bonds. The number of hydrogen-bond donors (Lipinski definition) is 1. The maximum absolute atomic E-state index is 5.71. The Balaban J connectivity index is 2.33. The van der Waals surface area contributed by atoms with Crippen molar-refractivity contribution in [1.82, 2.24) is 4.98 Å². The van der Waals surface area contributed by atoms with E-state index in [0.717, 1.165) is 18.2 Å². The Morgan fingerprint density at radius 2 is 2.17 bits per heavy atom. The summed E-state index contributed by atoms with van der Waals surface area (Å²) in [5.74, 6) is 0.383. The number of nitrogen functional groups attached to an aromatic ring is 1. The number of ether oxygens (including phenoxy) is 1. The molecule has 0 fully saturated rings. The van der Waals surface area contributed by atoms with Gasteiger partial charge in [0, 0.05) is 26.5 Å². The molecule has 0 radical (unpaired) electrons. The monoisotopic (exact) mass is 285 g/mol. The van der Waals surface area contributed by atoms with Crippen LogP contribution in [0.1, 0.15) is 5.56 Å². The first-order chi connectivity index (χ1) is 8.38. The van der Waals surface area contributed by atoms with Crippen molar-refractivity contribution in [2.75, 3.05) is 19.1 Å². The maximum atomic E-state index is 5.71. The van der Waals surface area contributed by atoms with Gasteiger partial charge in [0.25, 0.3) is 0 Å². The van der Waals surface area contributed by atoms with Crippen LogP contribution in [-0.4, -0.2) is 32.6 Å². The van der Waals surface area contributed by atoms with Crippen LogP contribution in [-0.2, 0) is 4.74 Å². The van der Waals surface area contributed by atoms with Crippen LogP contribution >= 0.6 is 11.6 Å². The Morgan fingerprint density at radius 3 is 2.78 bits per heavy atom. The Hall–Kier alpha value is -0.913. The molecule has 4 nitrogen and oxygen atoms in total. The van der Waals surface area contributed by atoms with Crippen molar-refractivity contribution >= 4 is 31.7 Å². The highest BCUT2D eigenvalue weighted by molar-refractivity contribution is 6.76. The van der Waals surface area contributed by atoms with Gasteiger partial charge >= 0.3 is 0 Å². The van der Waals surface area contributed by atoms with Crippen molar-refractivity contribution in [3.8, 4) is 0 Å². The third-order valence-electron chi connectivity index (χ3n) is 2.32. The number of nitrogens with two attached hydrogens (primary N) is 1. The zero-order valence-electron chi connectivity index (χ0n) is 11.1. The van der Waals surface area contributed by atoms with Crippen LogP contribution in [0.25, 0.3) is 0 Å². The predicted molar refractivity (Wildman–Crippen MR) is 80.2 cm³/mol. The molecule has 0 saturated carbocycles. The van der Waals surface area contributed by atoms with Crippen LogP contribution in [0.15, 0.2) is 17.1 Å². The molecule has 0 aromatic carbocycles. The topological polar surface area (TPSA) is 60.5 Å². The van der Waals surface area contributed by atoms with Gasteiger partial charge in [0.05, 0.1) is 0 Å². The lowest BCUT2D eigenvalue weighted by atomic mass is 10.3. The van der Waals surface area contributed by atoms with E-state index >= 15 is 0 Å². The van der Waals surface area contributed by atoms with Crippen LogP contribution in [0, 0.1) is 0 Å². The molecule has 1 rings (SSSR count). The SMILES string of the molecule is C[Si](C)(C)CCOCN=Cc1ccc(Cl)nc1N. The maximum Gasteiger partial charge on any atom is 0.137 e. The summed E-state index contributed by atoms with van der Waals surface area (Å²) in [6.45, 7) is 8.08. The van der Waals surface area contributed by atoms with Gasteiger partial charge < -0.3 is 10.5 Å². The number of hydrogen-bond acceptors (Lipinski definition) is 4. The van der Waals surface area contributed by atoms with Crippen molar-refractivity contribution in [2.45, 2.75) is 25.7 Å². The van der Waals surface area contributed by atoms with E-state index in [1.165, 1.54) is 0 Å². The Kier molecular flexibility index (Phi) is 5.78. The highest BCUT2D eigenvalue weighted by Gasteiger charge is 2.11. The molecule has 1 heterocycles. The predicted octanol–water partition coefficient (Wildman–Crippen LogP) is 3.05. The van der Waals surface area contributed by atoms with Crippen molar-refractivity contribution < 1.29 is 4.74 Å². The average molecular weight is 286 g/mol. The summed E-state index contributed by atoms with van der Waals surface area (Å²) in [6.07, 6.45) is 1.66. The number of pyridine rings is 1. The molecule has 0 saturated heterocycles. The molecule has 0 unspecified atom stereocenters. The van der Waals surface area contributed by atoms with E-state index in [4.69, 9.17) is 22.1 Å². The highest BCUT2D eigenvalue weighted by atomic mass is 35.5. The first kappa shape index (κ1) is 15.1. The van der Waals surface area contributed by atoms with E-state index in [0.29, 0.717) is 17.7 Å². The summed E-state index contributed by atoms with van der Waals surface area (Å²) >= 11 is 5.71. The smallest absolute Gasteiger partial charge is 0.137 e. The second kappa shape index (κ2) is 6.87. The van der Waals surface area contributed by atoms with Gasteiger partial charge in [0.2, 0.25) is 0 Å². The van der Waals surface area contributed by atoms with Gasteiger partial charge in [0.1, 0.15) is 17.7 Å². The quantitative estimate of drug-likeness (QED) is 0.378. The molecule has 0 bridgehead atoms. The lowest BCUT2D eigenvalue weighted by Crippen LogP contribution is -2.21. The standard InChI is InChI=1S/C12H20ClN3OSi/c1-18(2,3)7-6-17-9-15-8-10-4-5-11(13)16-12(10)14/h4-5,8H,6-7,9H2,1-3H3,(H2,14,16). The van der Waals surface area contributed by atoms with Crippen LogP contribution in [0.5, 0.6) is 0 Å². The van der Waals surface area contributed by atoms with Crippen LogP contribution in [0.4, 0.5) is 5.82 Å². The fourth-order valence-electron chi connectivity index (χ4n) is 1.20. The zero-order valence-corrected chi connectivity index (χ0v) is 12.9. The minimum Gasteiger partial charge on any atom is -0.383 e. The molecular formula is C12H20ClN3OSi. The second-order valence-electron chi connectivity index (χ2n) is 5.27. The van der Waals surface area contributed by atoms with E-state index in [1.807, 2.05) is 0 Å². The molecule has 0 aliphatic heterocycles. The summed E-state index contributed by atoms with van der Waals surface area (Å²) in [6, 6.07) is 4.62. The molecular weight excluding hydrogens is 266 g/mol. The van der Waals surface area contributed by atoms with Crippen molar-refractivity contribution in [1.29, 1.82) is 0 Å². The summed E-state index contributed by atoms with van der Waals surface area (Å²) in [7, 11) is -1.02. The largest absolute Gasteiger partial charge is 0.383 e. The molecule has 1 aromatic heterocycles. The number of aromatic nitrogens is 1. The molecule has 1 aromatic rings. The van der Waals surface area contributed by atoms with Crippen molar-refractivity contribution in [3.05, 3.63) is 22.8 Å². The number of rotatable bonds is 6. The second-order valence-corrected chi connectivity index (χ2v) is 11.3. The van der Waals surface area contributed by atoms with Gasteiger partial charge in [-0.1, -0.05) is 31.2 Å². The molecule has 0 atom stereocenters. The van der Waals surface area contributed by atoms with Gasteiger partial charge in [-0.25, -0.2) is 4.98 Å². The Morgan fingerprint density at radius 1 is 1.44 bits per heavy atom. The van der Waals surface area contributed by atoms with Gasteiger partial charge in [0.15, 0.2) is 0 Å². The zero-order chi connectivity index (χ0) is 13.6. The van der Waals surface area contributed by atoms with E-state index in [1.54, 1.807) is 18.3 Å². The molecule has 6 heteroatoms. The van der Waals surface area contributed by atoms with Crippen LogP contribution in [0.3, 0.4) is 0 Å². The van der Waals surface area contributed by atoms with Gasteiger partial charge in [-0.05, 0) is 18.2 Å². The summed E-state index contributed by atoms with van der Waals surface area (Å²) < 4.78 is 5.44. The van der Waals surface area contributed by atoms with Gasteiger partial charge in [-0.2, -0.15) is 0 Å². The number of aliphatic imine (C=N–C) groups is 1.